The van der Waals surface area contributed by atoms with Crippen molar-refractivity contribution in [3.8, 4) is 5.75 Å². The summed E-state index contributed by atoms with van der Waals surface area (Å²) in [5, 5.41) is 3.62. The van der Waals surface area contributed by atoms with Gasteiger partial charge in [-0.3, -0.25) is 0 Å². The fraction of sp³-hybridized carbons (Fsp3) is 0.278. The van der Waals surface area contributed by atoms with E-state index in [9.17, 15) is 0 Å². The number of aliphatic imine (C=N–C) groups is 1. The van der Waals surface area contributed by atoms with Crippen molar-refractivity contribution in [1.82, 2.24) is 0 Å². The summed E-state index contributed by atoms with van der Waals surface area (Å²) in [6.45, 7) is 0. The van der Waals surface area contributed by atoms with E-state index >= 15 is 0 Å². The molecule has 1 saturated carbocycles. The molecule has 0 spiro atoms. The lowest BCUT2D eigenvalue weighted by molar-refractivity contribution is 0.353. The number of ether oxygens (including phenoxy) is 1. The van der Waals surface area contributed by atoms with Crippen molar-refractivity contribution in [1.29, 1.82) is 0 Å². The van der Waals surface area contributed by atoms with Crippen LogP contribution in [0.4, 0.5) is 5.69 Å². The van der Waals surface area contributed by atoms with Crippen LogP contribution in [0, 0.1) is 0 Å². The molecule has 0 aromatic heterocycles. The molecule has 0 bridgehead atoms. The molecule has 6 heteroatoms. The van der Waals surface area contributed by atoms with Crippen LogP contribution in [0.1, 0.15) is 24.3 Å². The summed E-state index contributed by atoms with van der Waals surface area (Å²) in [5.41, 5.74) is 8.17. The molecule has 0 heterocycles. The maximum absolute atomic E-state index is 6.10. The van der Waals surface area contributed by atoms with Crippen molar-refractivity contribution in [3.05, 3.63) is 59.1 Å². The topological polar surface area (TPSA) is 59.6 Å². The van der Waals surface area contributed by atoms with E-state index in [1.165, 1.54) is 5.56 Å². The van der Waals surface area contributed by atoms with Gasteiger partial charge < -0.3 is 15.8 Å². The largest absolute Gasteiger partial charge is 0.495 e. The number of nitrogens with two attached hydrogens (primary N) is 1. The van der Waals surface area contributed by atoms with Crippen LogP contribution in [-0.2, 0) is 0 Å². The van der Waals surface area contributed by atoms with E-state index in [0.717, 1.165) is 18.5 Å². The number of guanidine groups is 1. The molecule has 128 valence electrons. The minimum absolute atomic E-state index is 0. The second-order valence-corrected chi connectivity index (χ2v) is 6.13. The van der Waals surface area contributed by atoms with Crippen molar-refractivity contribution in [3.63, 3.8) is 0 Å². The van der Waals surface area contributed by atoms with Gasteiger partial charge in [0.15, 0.2) is 5.96 Å². The summed E-state index contributed by atoms with van der Waals surface area (Å²) in [6.07, 6.45) is 2.07. The zero-order chi connectivity index (χ0) is 16.2. The van der Waals surface area contributed by atoms with Gasteiger partial charge in [0, 0.05) is 5.69 Å². The third kappa shape index (κ3) is 4.54. The molecular weight excluding hydrogens is 437 g/mol. The lowest BCUT2D eigenvalue weighted by Crippen LogP contribution is -2.31. The Morgan fingerprint density at radius 3 is 2.54 bits per heavy atom. The number of methoxy groups -OCH3 is 1. The van der Waals surface area contributed by atoms with Crippen LogP contribution in [0.2, 0.25) is 5.02 Å². The molecule has 4 nitrogen and oxygen atoms in total. The monoisotopic (exact) mass is 457 g/mol. The van der Waals surface area contributed by atoms with Gasteiger partial charge >= 0.3 is 0 Å². The highest BCUT2D eigenvalue weighted by Crippen LogP contribution is 2.38. The molecule has 0 radical (unpaired) electrons. The molecule has 1 aliphatic carbocycles. The molecule has 2 aromatic carbocycles. The van der Waals surface area contributed by atoms with Crippen LogP contribution in [0.5, 0.6) is 5.75 Å². The molecule has 0 atom stereocenters. The van der Waals surface area contributed by atoms with Gasteiger partial charge in [-0.25, -0.2) is 4.99 Å². The van der Waals surface area contributed by atoms with Gasteiger partial charge in [0.2, 0.25) is 0 Å². The number of rotatable bonds is 4. The molecular formula is C18H21ClIN3O. The Morgan fingerprint density at radius 2 is 1.92 bits per heavy atom. The van der Waals surface area contributed by atoms with Gasteiger partial charge in [-0.1, -0.05) is 41.9 Å². The predicted octanol–water partition coefficient (Wildman–Crippen LogP) is 4.64. The second kappa shape index (κ2) is 8.58. The fourth-order valence-corrected chi connectivity index (χ4v) is 3.07. The van der Waals surface area contributed by atoms with E-state index in [2.05, 4.69) is 34.6 Å². The summed E-state index contributed by atoms with van der Waals surface area (Å²) in [7, 11) is 1.59. The van der Waals surface area contributed by atoms with Gasteiger partial charge in [-0.15, -0.1) is 24.0 Å². The van der Waals surface area contributed by atoms with Crippen molar-refractivity contribution < 1.29 is 4.74 Å². The summed E-state index contributed by atoms with van der Waals surface area (Å²) in [4.78, 5) is 4.53. The zero-order valence-electron chi connectivity index (χ0n) is 13.4. The summed E-state index contributed by atoms with van der Waals surface area (Å²) >= 11 is 6.10. The summed E-state index contributed by atoms with van der Waals surface area (Å²) in [5.74, 6) is 1.65. The van der Waals surface area contributed by atoms with Crippen LogP contribution in [0.25, 0.3) is 0 Å². The average molecular weight is 458 g/mol. The molecule has 3 N–H and O–H groups in total. The Morgan fingerprint density at radius 1 is 1.21 bits per heavy atom. The maximum Gasteiger partial charge on any atom is 0.193 e. The van der Waals surface area contributed by atoms with E-state index in [0.29, 0.717) is 22.6 Å². The van der Waals surface area contributed by atoms with E-state index in [1.807, 2.05) is 12.1 Å². The van der Waals surface area contributed by atoms with Crippen molar-refractivity contribution >= 4 is 47.2 Å². The number of nitrogens with one attached hydrogen (secondary N) is 1. The summed E-state index contributed by atoms with van der Waals surface area (Å²) in [6, 6.07) is 16.3. The number of halogens is 2. The molecule has 24 heavy (non-hydrogen) atoms. The molecule has 0 saturated heterocycles. The first kappa shape index (κ1) is 18.9. The lowest BCUT2D eigenvalue weighted by Gasteiger charge is -2.33. The Hall–Kier alpha value is -1.47. The highest BCUT2D eigenvalue weighted by Gasteiger charge is 2.30. The van der Waals surface area contributed by atoms with Gasteiger partial charge in [-0.05, 0) is 42.5 Å². The minimum Gasteiger partial charge on any atom is -0.495 e. The van der Waals surface area contributed by atoms with Gasteiger partial charge in [0.25, 0.3) is 0 Å². The zero-order valence-corrected chi connectivity index (χ0v) is 16.5. The highest BCUT2D eigenvalue weighted by molar-refractivity contribution is 14.0. The van der Waals surface area contributed by atoms with E-state index in [4.69, 9.17) is 22.1 Å². The van der Waals surface area contributed by atoms with Crippen LogP contribution >= 0.6 is 35.6 Å². The van der Waals surface area contributed by atoms with E-state index in [1.54, 1.807) is 19.2 Å². The van der Waals surface area contributed by atoms with Crippen LogP contribution in [0.3, 0.4) is 0 Å². The molecule has 3 rings (SSSR count). The van der Waals surface area contributed by atoms with E-state index < -0.39 is 0 Å². The molecule has 1 aliphatic rings. The third-order valence-electron chi connectivity index (χ3n) is 4.13. The van der Waals surface area contributed by atoms with Crippen LogP contribution in [0.15, 0.2) is 53.5 Å². The first-order valence-corrected chi connectivity index (χ1v) is 8.02. The Labute approximate surface area is 164 Å². The van der Waals surface area contributed by atoms with Gasteiger partial charge in [0.05, 0.1) is 18.2 Å². The molecule has 0 amide bonds. The smallest absolute Gasteiger partial charge is 0.193 e. The van der Waals surface area contributed by atoms with Gasteiger partial charge in [0.1, 0.15) is 5.75 Å². The van der Waals surface area contributed by atoms with Crippen molar-refractivity contribution in [2.75, 3.05) is 12.4 Å². The van der Waals surface area contributed by atoms with Crippen molar-refractivity contribution in [2.45, 2.75) is 24.8 Å². The fourth-order valence-electron chi connectivity index (χ4n) is 2.81. The van der Waals surface area contributed by atoms with E-state index in [-0.39, 0.29) is 30.0 Å². The average Bonchev–Trinajstić information content (AvgIpc) is 2.51. The molecule has 0 unspecified atom stereocenters. The van der Waals surface area contributed by atoms with Gasteiger partial charge in [-0.2, -0.15) is 0 Å². The minimum atomic E-state index is 0. The van der Waals surface area contributed by atoms with Crippen LogP contribution < -0.4 is 15.8 Å². The Kier molecular flexibility index (Phi) is 6.74. The van der Waals surface area contributed by atoms with Crippen molar-refractivity contribution in [2.24, 2.45) is 10.7 Å². The number of anilines is 1. The maximum atomic E-state index is 6.10. The number of hydrogen-bond donors (Lipinski definition) is 2. The predicted molar refractivity (Wildman–Crippen MR) is 111 cm³/mol. The molecule has 0 aliphatic heterocycles. The quantitative estimate of drug-likeness (QED) is 0.399. The molecule has 1 fully saturated rings. The number of hydrogen-bond acceptors (Lipinski definition) is 2. The summed E-state index contributed by atoms with van der Waals surface area (Å²) < 4.78 is 5.13. The number of nitrogens with zero attached hydrogens (tertiary/aromatic N) is 1. The third-order valence-corrected chi connectivity index (χ3v) is 4.43. The van der Waals surface area contributed by atoms with Crippen LogP contribution in [-0.4, -0.2) is 19.1 Å². The SMILES string of the molecule is COc1ccc(NC(N)=NC2CC(c3ccccc3)C2)cc1Cl.I. The first-order chi connectivity index (χ1) is 11.2. The highest BCUT2D eigenvalue weighted by atomic mass is 127. The molecule has 2 aromatic rings. The lowest BCUT2D eigenvalue weighted by atomic mass is 9.76. The number of benzene rings is 2. The normalized spacial score (nSPS) is 19.8. The standard InChI is InChI=1S/C18H20ClN3O.HI/c1-23-17-8-7-14(11-16(17)19)21-18(20)22-15-9-13(10-15)12-5-3-2-4-6-12;/h2-8,11,13,15H,9-10H2,1H3,(H3,20,21,22);1H. The Balaban J connectivity index is 0.00000208. The first-order valence-electron chi connectivity index (χ1n) is 7.64. The second-order valence-electron chi connectivity index (χ2n) is 5.72. The Bertz CT molecular complexity index is 703.